The number of hydrogen-bond donors (Lipinski definition) is 0. The van der Waals surface area contributed by atoms with Gasteiger partial charge in [0, 0.05) is 12.8 Å². The van der Waals surface area contributed by atoms with Crippen LogP contribution in [0.4, 0.5) is 9.59 Å². The Balaban J connectivity index is 2.29. The van der Waals surface area contributed by atoms with Crippen molar-refractivity contribution in [1.29, 1.82) is 0 Å². The third-order valence-corrected chi connectivity index (χ3v) is 5.62. The Morgan fingerprint density at radius 2 is 1.66 bits per heavy atom. The molecule has 2 atom stereocenters. The van der Waals surface area contributed by atoms with E-state index in [1.807, 2.05) is 6.07 Å². The molecular weight excluding hydrogens is 440 g/mol. The average Bonchev–Trinajstić information content (AvgIpc) is 2.69. The maximum atomic E-state index is 12.8. The second kappa shape index (κ2) is 10.2. The highest BCUT2D eigenvalue weighted by Crippen LogP contribution is 2.22. The van der Waals surface area contributed by atoms with Crippen LogP contribution in [0.25, 0.3) is 0 Å². The number of piperazine rings is 1. The molecule has 178 valence electrons. The summed E-state index contributed by atoms with van der Waals surface area (Å²) in [5.74, 6) is -1.17. The summed E-state index contributed by atoms with van der Waals surface area (Å²) < 4.78 is 39.6. The number of sulfone groups is 1. The van der Waals surface area contributed by atoms with E-state index in [-0.39, 0.29) is 19.7 Å². The molecule has 0 unspecified atom stereocenters. The number of hydrogen-bond acceptors (Lipinski definition) is 8. The van der Waals surface area contributed by atoms with E-state index in [1.165, 1.54) is 0 Å². The zero-order valence-corrected chi connectivity index (χ0v) is 19.8. The quantitative estimate of drug-likeness (QED) is 0.472. The van der Waals surface area contributed by atoms with Crippen LogP contribution < -0.4 is 0 Å². The van der Waals surface area contributed by atoms with Crippen LogP contribution in [-0.2, 0) is 35.4 Å². The standard InChI is InChI=1S/C21H30N2O8S/c1-21(2,3)31-20(26)22-12-17(18(24)29-4)23(11-16(22)14-32(5,27)28)19(25)30-13-15-9-7-6-8-10-15/h6-10,16-17H,11-14H2,1-5H3/t16-,17+/m1/s1. The van der Waals surface area contributed by atoms with Crippen LogP contribution in [0.2, 0.25) is 0 Å². The van der Waals surface area contributed by atoms with E-state index in [0.717, 1.165) is 28.7 Å². The molecule has 10 nitrogen and oxygen atoms in total. The highest BCUT2D eigenvalue weighted by atomic mass is 32.2. The summed E-state index contributed by atoms with van der Waals surface area (Å²) in [4.78, 5) is 40.3. The molecule has 2 rings (SSSR count). The molecule has 1 aliphatic rings. The predicted octanol–water partition coefficient (Wildman–Crippen LogP) is 1.83. The summed E-state index contributed by atoms with van der Waals surface area (Å²) >= 11 is 0. The Morgan fingerprint density at radius 3 is 2.19 bits per heavy atom. The number of carbonyl (C=O) groups excluding carboxylic acids is 3. The molecule has 0 N–H and O–H groups in total. The third-order valence-electron chi connectivity index (χ3n) is 4.63. The summed E-state index contributed by atoms with van der Waals surface area (Å²) in [7, 11) is -2.36. The van der Waals surface area contributed by atoms with Crippen LogP contribution in [0, 0.1) is 0 Å². The van der Waals surface area contributed by atoms with Crippen molar-refractivity contribution in [3.8, 4) is 0 Å². The van der Waals surface area contributed by atoms with Gasteiger partial charge in [-0.25, -0.2) is 22.8 Å². The molecule has 2 amide bonds. The Bertz CT molecular complexity index is 927. The van der Waals surface area contributed by atoms with Gasteiger partial charge in [-0.15, -0.1) is 0 Å². The van der Waals surface area contributed by atoms with Gasteiger partial charge in [0.1, 0.15) is 22.0 Å². The van der Waals surface area contributed by atoms with Crippen molar-refractivity contribution in [2.24, 2.45) is 0 Å². The Hall–Kier alpha value is -2.82. The molecule has 0 spiro atoms. The molecule has 0 saturated carbocycles. The molecule has 0 radical (unpaired) electrons. The molecule has 1 heterocycles. The molecule has 11 heteroatoms. The van der Waals surface area contributed by atoms with Gasteiger partial charge in [-0.05, 0) is 26.3 Å². The maximum absolute atomic E-state index is 12.8. The first-order valence-corrected chi connectivity index (χ1v) is 12.1. The minimum Gasteiger partial charge on any atom is -0.467 e. The van der Waals surface area contributed by atoms with Crippen LogP contribution in [0.15, 0.2) is 30.3 Å². The first kappa shape index (κ1) is 25.4. The first-order valence-electron chi connectivity index (χ1n) is 10.0. The minimum atomic E-state index is -3.53. The monoisotopic (exact) mass is 470 g/mol. The Kier molecular flexibility index (Phi) is 8.11. The second-order valence-corrected chi connectivity index (χ2v) is 10.8. The van der Waals surface area contributed by atoms with Crippen molar-refractivity contribution in [2.45, 2.75) is 45.1 Å². The lowest BCUT2D eigenvalue weighted by molar-refractivity contribution is -0.149. The lowest BCUT2D eigenvalue weighted by atomic mass is 10.1. The molecule has 1 aromatic rings. The molecular formula is C21H30N2O8S. The van der Waals surface area contributed by atoms with E-state index >= 15 is 0 Å². The van der Waals surface area contributed by atoms with Crippen LogP contribution in [0.5, 0.6) is 0 Å². The fourth-order valence-electron chi connectivity index (χ4n) is 3.26. The second-order valence-electron chi connectivity index (χ2n) is 8.61. The van der Waals surface area contributed by atoms with E-state index in [2.05, 4.69) is 0 Å². The molecule has 1 aromatic carbocycles. The third kappa shape index (κ3) is 7.40. The summed E-state index contributed by atoms with van der Waals surface area (Å²) in [5.41, 5.74) is -0.0882. The van der Waals surface area contributed by atoms with Crippen LogP contribution in [-0.4, -0.2) is 86.3 Å². The lowest BCUT2D eigenvalue weighted by Gasteiger charge is -2.44. The van der Waals surface area contributed by atoms with E-state index < -0.39 is 51.4 Å². The van der Waals surface area contributed by atoms with E-state index in [9.17, 15) is 22.8 Å². The predicted molar refractivity (Wildman–Crippen MR) is 116 cm³/mol. The van der Waals surface area contributed by atoms with Gasteiger partial charge in [0.2, 0.25) is 0 Å². The summed E-state index contributed by atoms with van der Waals surface area (Å²) in [6, 6.07) is 6.86. The molecule has 1 saturated heterocycles. The SMILES string of the molecule is COC(=O)[C@@H]1CN(C(=O)OC(C)(C)C)[C@@H](CS(C)(=O)=O)CN1C(=O)OCc1ccccc1. The number of esters is 1. The Morgan fingerprint density at radius 1 is 1.03 bits per heavy atom. The zero-order valence-electron chi connectivity index (χ0n) is 18.9. The van der Waals surface area contributed by atoms with E-state index in [4.69, 9.17) is 14.2 Å². The first-order chi connectivity index (χ1) is 14.8. The summed E-state index contributed by atoms with van der Waals surface area (Å²) in [5, 5.41) is 0. The van der Waals surface area contributed by atoms with Crippen molar-refractivity contribution in [3.63, 3.8) is 0 Å². The van der Waals surface area contributed by atoms with Crippen molar-refractivity contribution in [3.05, 3.63) is 35.9 Å². The van der Waals surface area contributed by atoms with Crippen molar-refractivity contribution >= 4 is 28.0 Å². The molecule has 32 heavy (non-hydrogen) atoms. The number of ether oxygens (including phenoxy) is 3. The molecule has 0 aromatic heterocycles. The lowest BCUT2D eigenvalue weighted by Crippen LogP contribution is -2.65. The largest absolute Gasteiger partial charge is 0.467 e. The zero-order chi connectivity index (χ0) is 24.1. The van der Waals surface area contributed by atoms with Gasteiger partial charge in [-0.1, -0.05) is 30.3 Å². The van der Waals surface area contributed by atoms with Gasteiger partial charge in [-0.3, -0.25) is 9.80 Å². The molecule has 0 aliphatic carbocycles. The maximum Gasteiger partial charge on any atom is 0.410 e. The van der Waals surface area contributed by atoms with Gasteiger partial charge in [-0.2, -0.15) is 0 Å². The fourth-order valence-corrected chi connectivity index (χ4v) is 4.25. The Labute approximate surface area is 188 Å². The van der Waals surface area contributed by atoms with Gasteiger partial charge >= 0.3 is 18.2 Å². The number of carbonyl (C=O) groups is 3. The fraction of sp³-hybridized carbons (Fsp3) is 0.571. The highest BCUT2D eigenvalue weighted by Gasteiger charge is 2.45. The van der Waals surface area contributed by atoms with Gasteiger partial charge in [0.05, 0.1) is 25.4 Å². The number of rotatable bonds is 5. The van der Waals surface area contributed by atoms with Crippen LogP contribution >= 0.6 is 0 Å². The minimum absolute atomic E-state index is 0.0312. The van der Waals surface area contributed by atoms with Gasteiger partial charge in [0.15, 0.2) is 6.04 Å². The number of amides is 2. The molecule has 1 aliphatic heterocycles. The number of methoxy groups -OCH3 is 1. The van der Waals surface area contributed by atoms with Gasteiger partial charge in [0.25, 0.3) is 0 Å². The highest BCUT2D eigenvalue weighted by molar-refractivity contribution is 7.90. The summed E-state index contributed by atoms with van der Waals surface area (Å²) in [6.45, 7) is 4.46. The normalized spacial score (nSPS) is 19.3. The topological polar surface area (TPSA) is 120 Å². The van der Waals surface area contributed by atoms with Crippen LogP contribution in [0.1, 0.15) is 26.3 Å². The van der Waals surface area contributed by atoms with Gasteiger partial charge < -0.3 is 14.2 Å². The summed E-state index contributed by atoms with van der Waals surface area (Å²) in [6.07, 6.45) is -0.561. The van der Waals surface area contributed by atoms with E-state index in [1.54, 1.807) is 45.0 Å². The van der Waals surface area contributed by atoms with Crippen molar-refractivity contribution in [1.82, 2.24) is 9.80 Å². The smallest absolute Gasteiger partial charge is 0.410 e. The number of benzene rings is 1. The van der Waals surface area contributed by atoms with Crippen molar-refractivity contribution in [2.75, 3.05) is 32.2 Å². The number of nitrogens with zero attached hydrogens (tertiary/aromatic N) is 2. The van der Waals surface area contributed by atoms with Crippen molar-refractivity contribution < 1.29 is 37.0 Å². The van der Waals surface area contributed by atoms with E-state index in [0.29, 0.717) is 0 Å². The van der Waals surface area contributed by atoms with Crippen LogP contribution in [0.3, 0.4) is 0 Å². The molecule has 1 fully saturated rings. The molecule has 0 bridgehead atoms. The average molecular weight is 471 g/mol.